The second kappa shape index (κ2) is 10.1. The van der Waals surface area contributed by atoms with Crippen molar-refractivity contribution < 1.29 is 14.3 Å². The van der Waals surface area contributed by atoms with Gasteiger partial charge in [-0.15, -0.1) is 10.2 Å². The van der Waals surface area contributed by atoms with Gasteiger partial charge in [0.1, 0.15) is 16.5 Å². The van der Waals surface area contributed by atoms with Crippen LogP contribution in [0.25, 0.3) is 11.3 Å². The highest BCUT2D eigenvalue weighted by Gasteiger charge is 2.11. The number of methoxy groups -OCH3 is 2. The molecule has 0 unspecified atom stereocenters. The zero-order valence-corrected chi connectivity index (χ0v) is 18.3. The van der Waals surface area contributed by atoms with Gasteiger partial charge in [-0.2, -0.15) is 0 Å². The second-order valence-corrected chi connectivity index (χ2v) is 7.93. The number of aromatic nitrogens is 2. The maximum atomic E-state index is 12.2. The molecule has 1 heterocycles. The van der Waals surface area contributed by atoms with Crippen molar-refractivity contribution in [2.75, 3.05) is 25.3 Å². The lowest BCUT2D eigenvalue weighted by Crippen LogP contribution is -2.14. The van der Waals surface area contributed by atoms with E-state index >= 15 is 0 Å². The van der Waals surface area contributed by atoms with E-state index in [-0.39, 0.29) is 11.7 Å². The Morgan fingerprint density at radius 3 is 2.37 bits per heavy atom. The van der Waals surface area contributed by atoms with Crippen molar-refractivity contribution in [2.45, 2.75) is 24.8 Å². The summed E-state index contributed by atoms with van der Waals surface area (Å²) in [5.74, 6) is 2.03. The first kappa shape index (κ1) is 21.6. The predicted molar refractivity (Wildman–Crippen MR) is 120 cm³/mol. The average Bonchev–Trinajstić information content (AvgIpc) is 2.78. The molecule has 156 valence electrons. The lowest BCUT2D eigenvalue weighted by atomic mass is 10.0. The van der Waals surface area contributed by atoms with Gasteiger partial charge in [0.2, 0.25) is 5.91 Å². The van der Waals surface area contributed by atoms with Crippen LogP contribution in [0.2, 0.25) is 0 Å². The number of carbonyl (C=O) groups is 1. The van der Waals surface area contributed by atoms with E-state index < -0.39 is 0 Å². The molecule has 0 aliphatic heterocycles. The van der Waals surface area contributed by atoms with Crippen molar-refractivity contribution in [3.05, 3.63) is 60.2 Å². The first-order valence-corrected chi connectivity index (χ1v) is 10.6. The van der Waals surface area contributed by atoms with Gasteiger partial charge in [0.15, 0.2) is 0 Å². The second-order valence-electron chi connectivity index (χ2n) is 6.94. The van der Waals surface area contributed by atoms with E-state index in [9.17, 15) is 4.79 Å². The molecule has 0 atom stereocenters. The molecule has 0 saturated heterocycles. The van der Waals surface area contributed by atoms with Gasteiger partial charge in [-0.1, -0.05) is 37.7 Å². The van der Waals surface area contributed by atoms with Gasteiger partial charge < -0.3 is 14.8 Å². The van der Waals surface area contributed by atoms with Crippen LogP contribution in [0.3, 0.4) is 0 Å². The molecule has 2 aromatic carbocycles. The molecule has 3 aromatic rings. The Kier molecular flexibility index (Phi) is 7.30. The number of amides is 1. The van der Waals surface area contributed by atoms with E-state index in [1.165, 1.54) is 17.3 Å². The van der Waals surface area contributed by atoms with E-state index in [1.807, 2.05) is 54.6 Å². The molecular formula is C23H25N3O3S. The molecule has 1 aromatic heterocycles. The number of hydrogen-bond acceptors (Lipinski definition) is 6. The quantitative estimate of drug-likeness (QED) is 0.513. The SMILES string of the molecule is COc1ccc(OC)c(-c2ccc(SCC(=O)Nc3ccc(C(C)C)cc3)nn2)c1. The zero-order valence-electron chi connectivity index (χ0n) is 17.5. The average molecular weight is 424 g/mol. The molecule has 0 spiro atoms. The molecule has 1 N–H and O–H groups in total. The molecule has 0 aliphatic rings. The molecule has 0 radical (unpaired) electrons. The van der Waals surface area contributed by atoms with E-state index in [4.69, 9.17) is 9.47 Å². The molecular weight excluding hydrogens is 398 g/mol. The van der Waals surface area contributed by atoms with Crippen molar-refractivity contribution in [2.24, 2.45) is 0 Å². The van der Waals surface area contributed by atoms with Crippen LogP contribution in [0.1, 0.15) is 25.3 Å². The maximum absolute atomic E-state index is 12.2. The van der Waals surface area contributed by atoms with Crippen molar-refractivity contribution >= 4 is 23.4 Å². The number of rotatable bonds is 8. The number of anilines is 1. The summed E-state index contributed by atoms with van der Waals surface area (Å²) in [6.07, 6.45) is 0. The van der Waals surface area contributed by atoms with Gasteiger partial charge >= 0.3 is 0 Å². The molecule has 0 aliphatic carbocycles. The van der Waals surface area contributed by atoms with Crippen LogP contribution >= 0.6 is 11.8 Å². The van der Waals surface area contributed by atoms with Crippen LogP contribution < -0.4 is 14.8 Å². The van der Waals surface area contributed by atoms with Crippen LogP contribution in [0, 0.1) is 0 Å². The van der Waals surface area contributed by atoms with Crippen LogP contribution in [0.5, 0.6) is 11.5 Å². The van der Waals surface area contributed by atoms with Gasteiger partial charge in [-0.05, 0) is 53.9 Å². The van der Waals surface area contributed by atoms with Gasteiger partial charge in [0, 0.05) is 11.3 Å². The topological polar surface area (TPSA) is 73.3 Å². The fourth-order valence-corrected chi connectivity index (χ4v) is 3.46. The Bertz CT molecular complexity index is 990. The number of benzene rings is 2. The summed E-state index contributed by atoms with van der Waals surface area (Å²) in [5, 5.41) is 12.1. The normalized spacial score (nSPS) is 10.7. The van der Waals surface area contributed by atoms with Crippen LogP contribution in [0.4, 0.5) is 5.69 Å². The minimum Gasteiger partial charge on any atom is -0.497 e. The van der Waals surface area contributed by atoms with Gasteiger partial charge in [0.25, 0.3) is 0 Å². The number of thioether (sulfide) groups is 1. The number of carbonyl (C=O) groups excluding carboxylic acids is 1. The third kappa shape index (κ3) is 5.51. The van der Waals surface area contributed by atoms with Gasteiger partial charge in [-0.25, -0.2) is 0 Å². The summed E-state index contributed by atoms with van der Waals surface area (Å²) in [7, 11) is 3.22. The lowest BCUT2D eigenvalue weighted by Gasteiger charge is -2.10. The third-order valence-corrected chi connectivity index (χ3v) is 5.45. The van der Waals surface area contributed by atoms with Crippen molar-refractivity contribution in [3.8, 4) is 22.8 Å². The van der Waals surface area contributed by atoms with Gasteiger partial charge in [-0.3, -0.25) is 4.79 Å². The number of hydrogen-bond donors (Lipinski definition) is 1. The van der Waals surface area contributed by atoms with E-state index in [0.29, 0.717) is 28.1 Å². The van der Waals surface area contributed by atoms with Gasteiger partial charge in [0.05, 0.1) is 25.7 Å². The Morgan fingerprint density at radius 2 is 1.77 bits per heavy atom. The Labute approximate surface area is 181 Å². The van der Waals surface area contributed by atoms with E-state index in [1.54, 1.807) is 14.2 Å². The van der Waals surface area contributed by atoms with E-state index in [2.05, 4.69) is 29.4 Å². The Balaban J connectivity index is 1.60. The Hall–Kier alpha value is -3.06. The largest absolute Gasteiger partial charge is 0.497 e. The maximum Gasteiger partial charge on any atom is 0.234 e. The first-order valence-electron chi connectivity index (χ1n) is 9.59. The summed E-state index contributed by atoms with van der Waals surface area (Å²) in [5.41, 5.74) is 3.50. The van der Waals surface area contributed by atoms with E-state index in [0.717, 1.165) is 11.3 Å². The molecule has 6 nitrogen and oxygen atoms in total. The lowest BCUT2D eigenvalue weighted by molar-refractivity contribution is -0.113. The smallest absolute Gasteiger partial charge is 0.234 e. The summed E-state index contributed by atoms with van der Waals surface area (Å²) in [6, 6.07) is 17.1. The summed E-state index contributed by atoms with van der Waals surface area (Å²) in [6.45, 7) is 4.28. The Morgan fingerprint density at radius 1 is 1.00 bits per heavy atom. The van der Waals surface area contributed by atoms with Crippen molar-refractivity contribution in [1.82, 2.24) is 10.2 Å². The third-order valence-electron chi connectivity index (χ3n) is 4.53. The van der Waals surface area contributed by atoms with Crippen LogP contribution in [-0.4, -0.2) is 36.1 Å². The molecule has 0 bridgehead atoms. The summed E-state index contributed by atoms with van der Waals surface area (Å²) >= 11 is 1.34. The standard InChI is InChI=1S/C23H25N3O3S/c1-15(2)16-5-7-17(8-6-16)24-22(27)14-30-23-12-10-20(25-26-23)19-13-18(28-3)9-11-21(19)29-4/h5-13,15H,14H2,1-4H3,(H,24,27). The number of nitrogens with one attached hydrogen (secondary N) is 1. The number of nitrogens with zero attached hydrogens (tertiary/aromatic N) is 2. The minimum atomic E-state index is -0.0855. The van der Waals surface area contributed by atoms with Crippen LogP contribution in [0.15, 0.2) is 59.6 Å². The highest BCUT2D eigenvalue weighted by atomic mass is 32.2. The first-order chi connectivity index (χ1) is 14.5. The minimum absolute atomic E-state index is 0.0855. The monoisotopic (exact) mass is 423 g/mol. The molecule has 0 saturated carbocycles. The highest BCUT2D eigenvalue weighted by molar-refractivity contribution is 7.99. The molecule has 3 rings (SSSR count). The summed E-state index contributed by atoms with van der Waals surface area (Å²) in [4.78, 5) is 12.2. The molecule has 1 amide bonds. The molecule has 0 fully saturated rings. The molecule has 7 heteroatoms. The van der Waals surface area contributed by atoms with Crippen molar-refractivity contribution in [3.63, 3.8) is 0 Å². The van der Waals surface area contributed by atoms with Crippen LogP contribution in [-0.2, 0) is 4.79 Å². The number of ether oxygens (including phenoxy) is 2. The zero-order chi connectivity index (χ0) is 21.5. The fourth-order valence-electron chi connectivity index (χ4n) is 2.84. The predicted octanol–water partition coefficient (Wildman–Crippen LogP) is 5.02. The highest BCUT2D eigenvalue weighted by Crippen LogP contribution is 2.32. The summed E-state index contributed by atoms with van der Waals surface area (Å²) < 4.78 is 10.7. The molecule has 30 heavy (non-hydrogen) atoms. The van der Waals surface area contributed by atoms with Crippen molar-refractivity contribution in [1.29, 1.82) is 0 Å². The fraction of sp³-hybridized carbons (Fsp3) is 0.261.